The van der Waals surface area contributed by atoms with Crippen LogP contribution < -0.4 is 19.2 Å². The van der Waals surface area contributed by atoms with Gasteiger partial charge in [0, 0.05) is 17.9 Å². The number of hydrazone groups is 1. The fourth-order valence-electron chi connectivity index (χ4n) is 2.23. The topological polar surface area (TPSA) is 99.5 Å². The Morgan fingerprint density at radius 1 is 1.18 bits per heavy atom. The maximum absolute atomic E-state index is 12.0. The molecule has 10 heteroatoms. The van der Waals surface area contributed by atoms with E-state index >= 15 is 0 Å². The van der Waals surface area contributed by atoms with Gasteiger partial charge in [-0.3, -0.25) is 4.79 Å². The zero-order valence-corrected chi connectivity index (χ0v) is 17.0. The molecule has 0 fully saturated rings. The van der Waals surface area contributed by atoms with Gasteiger partial charge < -0.3 is 18.9 Å². The number of methoxy groups -OCH3 is 3. The highest BCUT2D eigenvalue weighted by atomic mass is 32.1. The summed E-state index contributed by atoms with van der Waals surface area (Å²) in [7, 11) is 4.52. The molecule has 0 saturated heterocycles. The van der Waals surface area contributed by atoms with E-state index in [4.69, 9.17) is 18.9 Å². The molecule has 0 aliphatic carbocycles. The lowest BCUT2D eigenvalue weighted by atomic mass is 10.2. The maximum atomic E-state index is 12.0. The summed E-state index contributed by atoms with van der Waals surface area (Å²) in [5, 5.41) is 7.05. The Kier molecular flexibility index (Phi) is 7.33. The van der Waals surface area contributed by atoms with Crippen LogP contribution in [0.15, 0.2) is 22.6 Å². The van der Waals surface area contributed by atoms with Crippen LogP contribution in [0.5, 0.6) is 17.2 Å². The molecular formula is C18H21N3O6S. The van der Waals surface area contributed by atoms with Gasteiger partial charge in [0.1, 0.15) is 0 Å². The van der Waals surface area contributed by atoms with Crippen LogP contribution >= 0.6 is 11.3 Å². The van der Waals surface area contributed by atoms with Crippen molar-refractivity contribution in [3.63, 3.8) is 0 Å². The fourth-order valence-corrected chi connectivity index (χ4v) is 3.02. The summed E-state index contributed by atoms with van der Waals surface area (Å²) in [5.41, 5.74) is 0.735. The van der Waals surface area contributed by atoms with Crippen molar-refractivity contribution in [2.75, 3.05) is 32.9 Å². The number of hydrogen-bond donors (Lipinski definition) is 0. The monoisotopic (exact) mass is 407 g/mol. The minimum atomic E-state index is -0.554. The second-order valence-electron chi connectivity index (χ2n) is 5.27. The van der Waals surface area contributed by atoms with Gasteiger partial charge in [-0.15, -0.1) is 11.3 Å². The van der Waals surface area contributed by atoms with E-state index < -0.39 is 5.97 Å². The average molecular weight is 407 g/mol. The Labute approximate surface area is 166 Å². The highest BCUT2D eigenvalue weighted by Crippen LogP contribution is 2.37. The normalized spacial score (nSPS) is 10.6. The molecule has 1 heterocycles. The molecule has 2 aromatic rings. The number of nitrogens with zero attached hydrogens (tertiary/aromatic N) is 3. The lowest BCUT2D eigenvalue weighted by Gasteiger charge is -2.13. The van der Waals surface area contributed by atoms with Crippen molar-refractivity contribution in [1.82, 2.24) is 4.98 Å². The van der Waals surface area contributed by atoms with Crippen LogP contribution in [0.1, 0.15) is 29.9 Å². The molecule has 1 aromatic heterocycles. The van der Waals surface area contributed by atoms with Gasteiger partial charge in [-0.25, -0.2) is 9.78 Å². The molecule has 0 atom stereocenters. The molecule has 150 valence electrons. The summed E-state index contributed by atoms with van der Waals surface area (Å²) in [6, 6.07) is 3.38. The standard InChI is InChI=1S/C18H21N3O6S/c1-6-27-17(23)13-10-28-18(20-13)21(11(2)22)19-9-12-7-14(24-3)16(26-5)15(8-12)25-4/h7-10H,6H2,1-5H3/b19-9-. The molecule has 1 amide bonds. The van der Waals surface area contributed by atoms with E-state index in [0.717, 1.165) is 16.3 Å². The summed E-state index contributed by atoms with van der Waals surface area (Å²) in [4.78, 5) is 27.9. The van der Waals surface area contributed by atoms with E-state index in [-0.39, 0.29) is 23.3 Å². The molecule has 0 aliphatic heterocycles. The second-order valence-corrected chi connectivity index (χ2v) is 6.11. The van der Waals surface area contributed by atoms with Crippen LogP contribution in [-0.4, -0.2) is 51.0 Å². The van der Waals surface area contributed by atoms with E-state index in [9.17, 15) is 9.59 Å². The zero-order valence-electron chi connectivity index (χ0n) is 16.2. The van der Waals surface area contributed by atoms with E-state index in [1.54, 1.807) is 19.1 Å². The van der Waals surface area contributed by atoms with Crippen molar-refractivity contribution >= 4 is 34.6 Å². The second kappa shape index (κ2) is 9.70. The van der Waals surface area contributed by atoms with Crippen molar-refractivity contribution in [1.29, 1.82) is 0 Å². The first-order chi connectivity index (χ1) is 13.4. The van der Waals surface area contributed by atoms with Crippen LogP contribution in [0, 0.1) is 0 Å². The summed E-state index contributed by atoms with van der Waals surface area (Å²) < 4.78 is 20.8. The van der Waals surface area contributed by atoms with E-state index in [1.165, 1.54) is 39.8 Å². The first-order valence-corrected chi connectivity index (χ1v) is 9.10. The van der Waals surface area contributed by atoms with Crippen LogP contribution in [0.4, 0.5) is 5.13 Å². The third-order valence-corrected chi connectivity index (χ3v) is 4.28. The predicted octanol–water partition coefficient (Wildman–Crippen LogP) is 2.73. The van der Waals surface area contributed by atoms with Crippen LogP contribution in [0.3, 0.4) is 0 Å². The summed E-state index contributed by atoms with van der Waals surface area (Å²) in [5.74, 6) is 0.438. The zero-order chi connectivity index (χ0) is 20.7. The van der Waals surface area contributed by atoms with Gasteiger partial charge in [0.25, 0.3) is 0 Å². The van der Waals surface area contributed by atoms with Gasteiger partial charge in [0.2, 0.25) is 16.8 Å². The number of rotatable bonds is 8. The molecule has 0 radical (unpaired) electrons. The lowest BCUT2D eigenvalue weighted by Crippen LogP contribution is -2.22. The van der Waals surface area contributed by atoms with Crippen molar-refractivity contribution in [2.45, 2.75) is 13.8 Å². The molecular weight excluding hydrogens is 386 g/mol. The van der Waals surface area contributed by atoms with Crippen LogP contribution in [-0.2, 0) is 9.53 Å². The highest BCUT2D eigenvalue weighted by molar-refractivity contribution is 7.14. The number of aromatic nitrogens is 1. The van der Waals surface area contributed by atoms with Gasteiger partial charge in [-0.1, -0.05) is 0 Å². The third-order valence-electron chi connectivity index (χ3n) is 3.47. The van der Waals surface area contributed by atoms with Crippen molar-refractivity contribution in [2.24, 2.45) is 5.10 Å². The molecule has 2 rings (SSSR count). The van der Waals surface area contributed by atoms with Gasteiger partial charge in [0.15, 0.2) is 17.2 Å². The number of hydrogen-bond acceptors (Lipinski definition) is 9. The van der Waals surface area contributed by atoms with Crippen molar-refractivity contribution in [3.8, 4) is 17.2 Å². The largest absolute Gasteiger partial charge is 0.493 e. The smallest absolute Gasteiger partial charge is 0.357 e. The van der Waals surface area contributed by atoms with Gasteiger partial charge in [0.05, 0.1) is 34.2 Å². The molecule has 9 nitrogen and oxygen atoms in total. The minimum absolute atomic E-state index is 0.121. The van der Waals surface area contributed by atoms with Crippen molar-refractivity contribution in [3.05, 3.63) is 28.8 Å². The van der Waals surface area contributed by atoms with Gasteiger partial charge in [-0.2, -0.15) is 10.1 Å². The molecule has 1 aromatic carbocycles. The van der Waals surface area contributed by atoms with E-state index in [0.29, 0.717) is 22.8 Å². The SMILES string of the molecule is CCOC(=O)c1csc(N(/N=C\c2cc(OC)c(OC)c(OC)c2)C(C)=O)n1. The first-order valence-electron chi connectivity index (χ1n) is 8.22. The number of ether oxygens (including phenoxy) is 4. The summed E-state index contributed by atoms with van der Waals surface area (Å²) in [6.07, 6.45) is 1.46. The number of anilines is 1. The lowest BCUT2D eigenvalue weighted by molar-refractivity contribution is -0.116. The summed E-state index contributed by atoms with van der Waals surface area (Å²) >= 11 is 1.11. The van der Waals surface area contributed by atoms with Gasteiger partial charge >= 0.3 is 5.97 Å². The number of benzene rings is 1. The first kappa shape index (κ1) is 21.2. The maximum Gasteiger partial charge on any atom is 0.357 e. The van der Waals surface area contributed by atoms with Gasteiger partial charge in [-0.05, 0) is 19.1 Å². The number of carbonyl (C=O) groups excluding carboxylic acids is 2. The number of thiazole rings is 1. The summed E-state index contributed by atoms with van der Waals surface area (Å²) in [6.45, 7) is 3.29. The van der Waals surface area contributed by atoms with Crippen LogP contribution in [0.2, 0.25) is 0 Å². The van der Waals surface area contributed by atoms with E-state index in [1.807, 2.05) is 0 Å². The molecule has 0 unspecified atom stereocenters. The molecule has 0 spiro atoms. The molecule has 28 heavy (non-hydrogen) atoms. The Morgan fingerprint density at radius 3 is 2.32 bits per heavy atom. The third kappa shape index (κ3) is 4.77. The Balaban J connectivity index is 2.33. The molecule has 0 aliphatic rings. The minimum Gasteiger partial charge on any atom is -0.493 e. The molecule has 0 saturated carbocycles. The predicted molar refractivity (Wildman–Crippen MR) is 105 cm³/mol. The van der Waals surface area contributed by atoms with E-state index in [2.05, 4.69) is 10.1 Å². The molecule has 0 N–H and O–H groups in total. The Morgan fingerprint density at radius 2 is 1.82 bits per heavy atom. The van der Waals surface area contributed by atoms with Crippen LogP contribution in [0.25, 0.3) is 0 Å². The fraction of sp³-hybridized carbons (Fsp3) is 0.333. The number of carbonyl (C=O) groups is 2. The average Bonchev–Trinajstić information content (AvgIpc) is 3.17. The quantitative estimate of drug-likeness (QED) is 0.377. The highest BCUT2D eigenvalue weighted by Gasteiger charge is 2.19. The van der Waals surface area contributed by atoms with Crippen molar-refractivity contribution < 1.29 is 28.5 Å². The molecule has 0 bridgehead atoms. The number of esters is 1. The number of amides is 1. The Bertz CT molecular complexity index is 855. The Hall–Kier alpha value is -3.14.